The molecule has 0 amide bonds. The van der Waals surface area contributed by atoms with E-state index in [4.69, 9.17) is 15.0 Å². The Hall–Kier alpha value is -0.940. The van der Waals surface area contributed by atoms with E-state index in [0.29, 0.717) is 11.7 Å². The van der Waals surface area contributed by atoms with E-state index < -0.39 is 5.54 Å². The van der Waals surface area contributed by atoms with E-state index >= 15 is 0 Å². The first kappa shape index (κ1) is 11.2. The molecule has 1 saturated heterocycles. The molecule has 1 aliphatic heterocycles. The third kappa shape index (κ3) is 2.09. The Balaban J connectivity index is 1.84. The molecule has 0 bridgehead atoms. The standard InChI is InChI=1S/C12H19N3O2/c1-7-5-12(13,6-8(2)16-7)11-14-10(17-15-11)9-3-4-9/h7-9H,3-6,13H2,1-2H3. The maximum absolute atomic E-state index is 6.43. The Labute approximate surface area is 101 Å². The highest BCUT2D eigenvalue weighted by Crippen LogP contribution is 2.40. The minimum absolute atomic E-state index is 0.145. The maximum atomic E-state index is 6.43. The topological polar surface area (TPSA) is 74.2 Å². The van der Waals surface area contributed by atoms with Crippen molar-refractivity contribution in [1.29, 1.82) is 0 Å². The van der Waals surface area contributed by atoms with Gasteiger partial charge in [-0.2, -0.15) is 4.98 Å². The molecule has 0 spiro atoms. The lowest BCUT2D eigenvalue weighted by molar-refractivity contribution is -0.0640. The molecule has 1 saturated carbocycles. The second-order valence-corrected chi connectivity index (χ2v) is 5.55. The predicted molar refractivity (Wildman–Crippen MR) is 61.4 cm³/mol. The second kappa shape index (κ2) is 3.78. The van der Waals surface area contributed by atoms with Crippen molar-refractivity contribution in [3.8, 4) is 0 Å². The van der Waals surface area contributed by atoms with Crippen LogP contribution in [0.1, 0.15) is 57.2 Å². The number of aromatic nitrogens is 2. The average molecular weight is 237 g/mol. The largest absolute Gasteiger partial charge is 0.375 e. The van der Waals surface area contributed by atoms with Crippen LogP contribution in [0.5, 0.6) is 0 Å². The van der Waals surface area contributed by atoms with Crippen LogP contribution in [0, 0.1) is 0 Å². The van der Waals surface area contributed by atoms with Crippen molar-refractivity contribution in [1.82, 2.24) is 10.1 Å². The van der Waals surface area contributed by atoms with Gasteiger partial charge in [0.1, 0.15) is 0 Å². The SMILES string of the molecule is CC1CC(N)(c2noc(C3CC3)n2)CC(C)O1. The van der Waals surface area contributed by atoms with Gasteiger partial charge >= 0.3 is 0 Å². The smallest absolute Gasteiger partial charge is 0.229 e. The van der Waals surface area contributed by atoms with Gasteiger partial charge < -0.3 is 15.0 Å². The van der Waals surface area contributed by atoms with Gasteiger partial charge in [-0.25, -0.2) is 0 Å². The first-order valence-electron chi connectivity index (χ1n) is 6.35. The van der Waals surface area contributed by atoms with Crippen molar-refractivity contribution in [2.24, 2.45) is 5.73 Å². The van der Waals surface area contributed by atoms with Gasteiger partial charge in [-0.3, -0.25) is 0 Å². The normalized spacial score (nSPS) is 38.3. The molecule has 2 atom stereocenters. The lowest BCUT2D eigenvalue weighted by atomic mass is 9.84. The minimum atomic E-state index is -0.492. The summed E-state index contributed by atoms with van der Waals surface area (Å²) in [5.74, 6) is 1.90. The average Bonchev–Trinajstić information content (AvgIpc) is 2.93. The summed E-state index contributed by atoms with van der Waals surface area (Å²) in [4.78, 5) is 4.48. The zero-order chi connectivity index (χ0) is 12.0. The summed E-state index contributed by atoms with van der Waals surface area (Å²) >= 11 is 0. The molecular weight excluding hydrogens is 218 g/mol. The summed E-state index contributed by atoms with van der Waals surface area (Å²) in [6.45, 7) is 4.08. The summed E-state index contributed by atoms with van der Waals surface area (Å²) < 4.78 is 11.0. The van der Waals surface area contributed by atoms with E-state index in [2.05, 4.69) is 10.1 Å². The summed E-state index contributed by atoms with van der Waals surface area (Å²) in [6.07, 6.45) is 4.12. The van der Waals surface area contributed by atoms with Gasteiger partial charge in [-0.1, -0.05) is 5.16 Å². The molecule has 5 nitrogen and oxygen atoms in total. The first-order chi connectivity index (χ1) is 8.07. The van der Waals surface area contributed by atoms with Crippen molar-refractivity contribution in [2.75, 3.05) is 0 Å². The van der Waals surface area contributed by atoms with Crippen molar-refractivity contribution in [2.45, 2.75) is 63.2 Å². The highest BCUT2D eigenvalue weighted by Gasteiger charge is 2.41. The molecule has 2 unspecified atom stereocenters. The van der Waals surface area contributed by atoms with Crippen LogP contribution >= 0.6 is 0 Å². The molecule has 1 aromatic rings. The number of nitrogens with two attached hydrogens (primary N) is 1. The Morgan fingerprint density at radius 3 is 2.47 bits per heavy atom. The van der Waals surface area contributed by atoms with Crippen LogP contribution in [0.2, 0.25) is 0 Å². The zero-order valence-corrected chi connectivity index (χ0v) is 10.3. The fraction of sp³-hybridized carbons (Fsp3) is 0.833. The summed E-state index contributed by atoms with van der Waals surface area (Å²) in [5, 5.41) is 4.08. The van der Waals surface area contributed by atoms with Gasteiger partial charge in [-0.05, 0) is 39.5 Å². The monoisotopic (exact) mass is 237 g/mol. The van der Waals surface area contributed by atoms with Crippen LogP contribution < -0.4 is 5.73 Å². The summed E-state index contributed by atoms with van der Waals surface area (Å²) in [5.41, 5.74) is 5.94. The fourth-order valence-corrected chi connectivity index (χ4v) is 2.72. The first-order valence-corrected chi connectivity index (χ1v) is 6.35. The molecular formula is C12H19N3O2. The summed E-state index contributed by atoms with van der Waals surface area (Å²) in [6, 6.07) is 0. The van der Waals surface area contributed by atoms with Crippen molar-refractivity contribution < 1.29 is 9.26 Å². The van der Waals surface area contributed by atoms with Crippen LogP contribution in [0.25, 0.3) is 0 Å². The van der Waals surface area contributed by atoms with E-state index in [1.807, 2.05) is 13.8 Å². The van der Waals surface area contributed by atoms with Crippen LogP contribution in [0.3, 0.4) is 0 Å². The van der Waals surface area contributed by atoms with Crippen molar-refractivity contribution in [3.05, 3.63) is 11.7 Å². The van der Waals surface area contributed by atoms with E-state index in [-0.39, 0.29) is 12.2 Å². The highest BCUT2D eigenvalue weighted by molar-refractivity contribution is 5.10. The van der Waals surface area contributed by atoms with Gasteiger partial charge in [0.15, 0.2) is 5.82 Å². The minimum Gasteiger partial charge on any atom is -0.375 e. The quantitative estimate of drug-likeness (QED) is 0.847. The van der Waals surface area contributed by atoms with Crippen LogP contribution in [-0.4, -0.2) is 22.3 Å². The maximum Gasteiger partial charge on any atom is 0.229 e. The lowest BCUT2D eigenvalue weighted by Gasteiger charge is -2.37. The molecule has 17 heavy (non-hydrogen) atoms. The van der Waals surface area contributed by atoms with Crippen LogP contribution in [0.4, 0.5) is 0 Å². The van der Waals surface area contributed by atoms with E-state index in [0.717, 1.165) is 31.6 Å². The zero-order valence-electron chi connectivity index (χ0n) is 10.3. The number of rotatable bonds is 2. The molecule has 94 valence electrons. The Morgan fingerprint density at radius 2 is 1.88 bits per heavy atom. The molecule has 5 heteroatoms. The van der Waals surface area contributed by atoms with Gasteiger partial charge in [0.05, 0.1) is 17.7 Å². The fourth-order valence-electron chi connectivity index (χ4n) is 2.72. The molecule has 2 aliphatic rings. The second-order valence-electron chi connectivity index (χ2n) is 5.55. The summed E-state index contributed by atoms with van der Waals surface area (Å²) in [7, 11) is 0. The number of hydrogen-bond donors (Lipinski definition) is 1. The van der Waals surface area contributed by atoms with Crippen molar-refractivity contribution >= 4 is 0 Å². The lowest BCUT2D eigenvalue weighted by Crippen LogP contribution is -2.48. The molecule has 1 aromatic heterocycles. The molecule has 2 heterocycles. The molecule has 2 N–H and O–H groups in total. The number of hydrogen-bond acceptors (Lipinski definition) is 5. The van der Waals surface area contributed by atoms with Gasteiger partial charge in [0.25, 0.3) is 0 Å². The Bertz CT molecular complexity index is 404. The van der Waals surface area contributed by atoms with Gasteiger partial charge in [0, 0.05) is 5.92 Å². The van der Waals surface area contributed by atoms with Gasteiger partial charge in [-0.15, -0.1) is 0 Å². The molecule has 2 fully saturated rings. The van der Waals surface area contributed by atoms with Crippen LogP contribution in [-0.2, 0) is 10.3 Å². The highest BCUT2D eigenvalue weighted by atomic mass is 16.5. The third-order valence-corrected chi connectivity index (χ3v) is 3.58. The van der Waals surface area contributed by atoms with E-state index in [1.54, 1.807) is 0 Å². The number of ether oxygens (including phenoxy) is 1. The third-order valence-electron chi connectivity index (χ3n) is 3.58. The van der Waals surface area contributed by atoms with E-state index in [1.165, 1.54) is 0 Å². The van der Waals surface area contributed by atoms with Gasteiger partial charge in [0.2, 0.25) is 5.89 Å². The van der Waals surface area contributed by atoms with Crippen LogP contribution in [0.15, 0.2) is 4.52 Å². The Kier molecular flexibility index (Phi) is 2.48. The molecule has 0 radical (unpaired) electrons. The molecule has 3 rings (SSSR count). The molecule has 1 aliphatic carbocycles. The number of nitrogens with zero attached hydrogens (tertiary/aromatic N) is 2. The Morgan fingerprint density at radius 1 is 1.24 bits per heavy atom. The van der Waals surface area contributed by atoms with Crippen molar-refractivity contribution in [3.63, 3.8) is 0 Å². The molecule has 0 aromatic carbocycles. The van der Waals surface area contributed by atoms with E-state index in [9.17, 15) is 0 Å². The predicted octanol–water partition coefficient (Wildman–Crippen LogP) is 1.69.